The molecule has 0 aliphatic rings. The van der Waals surface area contributed by atoms with Gasteiger partial charge in [0.25, 0.3) is 0 Å². The van der Waals surface area contributed by atoms with Crippen LogP contribution < -0.4 is 0 Å². The Morgan fingerprint density at radius 2 is 1.07 bits per heavy atom. The van der Waals surface area contributed by atoms with Gasteiger partial charge in [0.15, 0.2) is 18.1 Å². The number of allylic oxidation sites excluding steroid dienone is 1. The molecule has 7 heteroatoms. The lowest BCUT2D eigenvalue weighted by Crippen LogP contribution is -2.72. The molecule has 0 spiro atoms. The second kappa shape index (κ2) is 15.0. The summed E-state index contributed by atoms with van der Waals surface area (Å²) in [5.41, 5.74) is 0. The maximum Gasteiger partial charge on any atom is 0.362 e. The molecule has 0 saturated heterocycles. The molecule has 0 heterocycles. The molecule has 0 aliphatic carbocycles. The number of hydrogen-bond acceptors (Lipinski definition) is 3. The number of hydrogen-bond donors (Lipinski definition) is 3. The van der Waals surface area contributed by atoms with Crippen LogP contribution in [0.2, 0.25) is 0 Å². The van der Waals surface area contributed by atoms with Crippen molar-refractivity contribution in [2.75, 3.05) is 6.54 Å². The molecule has 7 nitrogen and oxygen atoms in total. The second-order valence-corrected chi connectivity index (χ2v) is 7.99. The molecule has 0 fully saturated rings. The Bertz CT molecular complexity index is 505. The Labute approximate surface area is 181 Å². The molecule has 3 N–H and O–H groups in total. The average molecular weight is 429 g/mol. The van der Waals surface area contributed by atoms with E-state index in [1.54, 1.807) is 26.8 Å². The molecule has 0 saturated carbocycles. The molecule has 3 atom stereocenters. The van der Waals surface area contributed by atoms with E-state index in [0.717, 1.165) is 19.3 Å². The lowest BCUT2D eigenvalue weighted by Gasteiger charge is -2.49. The second-order valence-electron chi connectivity index (χ2n) is 7.99. The van der Waals surface area contributed by atoms with E-state index in [-0.39, 0.29) is 25.8 Å². The van der Waals surface area contributed by atoms with E-state index in [2.05, 4.69) is 6.92 Å². The minimum atomic E-state index is -1.15. The monoisotopic (exact) mass is 428 g/mol. The molecule has 0 aliphatic heterocycles. The van der Waals surface area contributed by atoms with Gasteiger partial charge in [-0.15, -0.1) is 0 Å². The molecule has 174 valence electrons. The van der Waals surface area contributed by atoms with Crippen LogP contribution in [0.15, 0.2) is 12.2 Å². The largest absolute Gasteiger partial charge is 0.477 e. The van der Waals surface area contributed by atoms with Gasteiger partial charge in [-0.05, 0) is 18.9 Å². The Balaban J connectivity index is 5.78. The van der Waals surface area contributed by atoms with Crippen molar-refractivity contribution in [3.05, 3.63) is 12.2 Å². The highest BCUT2D eigenvalue weighted by Crippen LogP contribution is 2.31. The number of quaternary nitrogens is 1. The molecular formula is C23H42NO6+. The van der Waals surface area contributed by atoms with Crippen molar-refractivity contribution >= 4 is 17.9 Å². The van der Waals surface area contributed by atoms with Crippen molar-refractivity contribution in [1.82, 2.24) is 0 Å². The van der Waals surface area contributed by atoms with Crippen molar-refractivity contribution < 1.29 is 34.2 Å². The maximum absolute atomic E-state index is 12.1. The summed E-state index contributed by atoms with van der Waals surface area (Å²) in [4.78, 5) is 36.3. The standard InChI is InChI=1S/C23H41NO6/c1-5-9-10-11-12-13-14-15-16-17-24(18(6-2)21(25)26,19(7-3)22(27)28)20(8-4)23(29)30/h15-16,18-20H,5-14,17H2,1-4H3,(H2-,25,26,27,28,29,30)/p+1/b16-15+. The zero-order valence-electron chi connectivity index (χ0n) is 19.2. The van der Waals surface area contributed by atoms with E-state index in [9.17, 15) is 29.7 Å². The van der Waals surface area contributed by atoms with Crippen molar-refractivity contribution in [1.29, 1.82) is 0 Å². The van der Waals surface area contributed by atoms with Gasteiger partial charge in [0.05, 0.1) is 6.54 Å². The highest BCUT2D eigenvalue weighted by atomic mass is 16.4. The van der Waals surface area contributed by atoms with Crippen LogP contribution in [0.3, 0.4) is 0 Å². The fourth-order valence-electron chi connectivity index (χ4n) is 4.61. The van der Waals surface area contributed by atoms with Gasteiger partial charge in [-0.3, -0.25) is 4.48 Å². The van der Waals surface area contributed by atoms with Crippen LogP contribution in [0, 0.1) is 0 Å². The third kappa shape index (κ3) is 7.74. The number of carbonyl (C=O) groups is 3. The first-order valence-electron chi connectivity index (χ1n) is 11.4. The van der Waals surface area contributed by atoms with Crippen LogP contribution in [0.1, 0.15) is 91.9 Å². The highest BCUT2D eigenvalue weighted by Gasteiger charge is 2.55. The molecule has 0 bridgehead atoms. The molecule has 0 amide bonds. The van der Waals surface area contributed by atoms with Gasteiger partial charge in [0.1, 0.15) is 0 Å². The first kappa shape index (κ1) is 28.1. The first-order valence-corrected chi connectivity index (χ1v) is 11.4. The Kier molecular flexibility index (Phi) is 14.0. The summed E-state index contributed by atoms with van der Waals surface area (Å²) in [5.74, 6) is -3.45. The van der Waals surface area contributed by atoms with Gasteiger partial charge in [0.2, 0.25) is 0 Å². The minimum Gasteiger partial charge on any atom is -0.477 e. The topological polar surface area (TPSA) is 112 Å². The van der Waals surface area contributed by atoms with Crippen LogP contribution in [-0.2, 0) is 14.4 Å². The molecule has 0 aromatic heterocycles. The van der Waals surface area contributed by atoms with E-state index in [1.165, 1.54) is 25.7 Å². The predicted octanol–water partition coefficient (Wildman–Crippen LogP) is 4.70. The smallest absolute Gasteiger partial charge is 0.362 e. The number of rotatable bonds is 18. The van der Waals surface area contributed by atoms with E-state index in [0.29, 0.717) is 0 Å². The fraction of sp³-hybridized carbons (Fsp3) is 0.783. The Morgan fingerprint density at radius 3 is 1.43 bits per heavy atom. The van der Waals surface area contributed by atoms with E-state index >= 15 is 0 Å². The summed E-state index contributed by atoms with van der Waals surface area (Å²) >= 11 is 0. The summed E-state index contributed by atoms with van der Waals surface area (Å²) in [7, 11) is 0. The van der Waals surface area contributed by atoms with Gasteiger partial charge < -0.3 is 15.3 Å². The molecule has 0 rings (SSSR count). The van der Waals surface area contributed by atoms with Crippen LogP contribution in [0.25, 0.3) is 0 Å². The third-order valence-electron chi connectivity index (χ3n) is 6.07. The normalized spacial score (nSPS) is 16.7. The fourth-order valence-corrected chi connectivity index (χ4v) is 4.61. The highest BCUT2D eigenvalue weighted by molar-refractivity contribution is 5.78. The van der Waals surface area contributed by atoms with Gasteiger partial charge >= 0.3 is 17.9 Å². The van der Waals surface area contributed by atoms with Crippen molar-refractivity contribution in [3.63, 3.8) is 0 Å². The average Bonchev–Trinajstić information content (AvgIpc) is 2.67. The number of nitrogens with zero attached hydrogens (tertiary/aromatic N) is 1. The summed E-state index contributed by atoms with van der Waals surface area (Å²) < 4.78 is -0.490. The van der Waals surface area contributed by atoms with Gasteiger partial charge in [-0.2, -0.15) is 0 Å². The van der Waals surface area contributed by atoms with Crippen LogP contribution in [-0.4, -0.2) is 62.4 Å². The summed E-state index contributed by atoms with van der Waals surface area (Å²) in [5, 5.41) is 29.6. The molecule has 3 unspecified atom stereocenters. The predicted molar refractivity (Wildman–Crippen MR) is 117 cm³/mol. The van der Waals surface area contributed by atoms with Crippen LogP contribution in [0.5, 0.6) is 0 Å². The SMILES string of the molecule is CCCCCCCC/C=C/C[N+](C(CC)C(=O)O)(C(CC)C(=O)O)C(CC)C(=O)O. The summed E-state index contributed by atoms with van der Waals surface area (Å²) in [6.45, 7) is 7.28. The van der Waals surface area contributed by atoms with Crippen molar-refractivity contribution in [2.24, 2.45) is 0 Å². The minimum absolute atomic E-state index is 0.0796. The summed E-state index contributed by atoms with van der Waals surface area (Å²) in [6, 6.07) is -3.32. The van der Waals surface area contributed by atoms with Crippen molar-refractivity contribution in [2.45, 2.75) is 110 Å². The number of carboxylic acids is 3. The molecular weight excluding hydrogens is 386 g/mol. The Morgan fingerprint density at radius 1 is 0.667 bits per heavy atom. The zero-order valence-corrected chi connectivity index (χ0v) is 19.2. The number of unbranched alkanes of at least 4 members (excludes halogenated alkanes) is 6. The van der Waals surface area contributed by atoms with E-state index in [4.69, 9.17) is 0 Å². The maximum atomic E-state index is 12.1. The van der Waals surface area contributed by atoms with Gasteiger partial charge in [-0.25, -0.2) is 14.4 Å². The molecule has 30 heavy (non-hydrogen) atoms. The van der Waals surface area contributed by atoms with E-state index in [1.807, 2.05) is 6.08 Å². The lowest BCUT2D eigenvalue weighted by atomic mass is 9.94. The summed E-state index contributed by atoms with van der Waals surface area (Å²) in [6.07, 6.45) is 12.0. The number of aliphatic carboxylic acids is 3. The van der Waals surface area contributed by atoms with Crippen molar-refractivity contribution in [3.8, 4) is 0 Å². The third-order valence-corrected chi connectivity index (χ3v) is 6.07. The van der Waals surface area contributed by atoms with Crippen LogP contribution >= 0.6 is 0 Å². The molecule has 0 aromatic rings. The van der Waals surface area contributed by atoms with Gasteiger partial charge in [0, 0.05) is 19.3 Å². The Hall–Kier alpha value is -1.89. The number of carboxylic acid groups (broad SMARTS) is 3. The zero-order chi connectivity index (χ0) is 23.2. The quantitative estimate of drug-likeness (QED) is 0.166. The van der Waals surface area contributed by atoms with E-state index < -0.39 is 40.5 Å². The first-order chi connectivity index (χ1) is 14.2. The van der Waals surface area contributed by atoms with Gasteiger partial charge in [-0.1, -0.05) is 65.9 Å². The van der Waals surface area contributed by atoms with Crippen LogP contribution in [0.4, 0.5) is 0 Å². The molecule has 0 radical (unpaired) electrons. The molecule has 0 aromatic carbocycles. The lowest BCUT2D eigenvalue weighted by molar-refractivity contribution is -0.968.